The molecule has 2 aromatic heterocycles. The lowest BCUT2D eigenvalue weighted by Gasteiger charge is -2.17. The van der Waals surface area contributed by atoms with Gasteiger partial charge in [0.05, 0.1) is 16.7 Å². The van der Waals surface area contributed by atoms with Gasteiger partial charge in [-0.25, -0.2) is 9.78 Å². The second kappa shape index (κ2) is 9.96. The zero-order chi connectivity index (χ0) is 25.2. The normalized spacial score (nSPS) is 15.6. The first kappa shape index (κ1) is 23.8. The van der Waals surface area contributed by atoms with Crippen molar-refractivity contribution in [3.63, 3.8) is 0 Å². The maximum absolute atomic E-state index is 13.2. The predicted octanol–water partition coefficient (Wildman–Crippen LogP) is 6.13. The molecule has 0 spiro atoms. The van der Waals surface area contributed by atoms with Crippen LogP contribution in [-0.4, -0.2) is 23.0 Å². The molecule has 1 N–H and O–H groups in total. The third-order valence-corrected chi connectivity index (χ3v) is 7.61. The number of fused-ring (bicyclic) bond motifs is 2. The zero-order valence-electron chi connectivity index (χ0n) is 20.0. The van der Waals surface area contributed by atoms with Crippen LogP contribution >= 0.6 is 11.3 Å². The van der Waals surface area contributed by atoms with Crippen LogP contribution < -0.4 is 5.32 Å². The van der Waals surface area contributed by atoms with E-state index in [0.717, 1.165) is 29.7 Å². The van der Waals surface area contributed by atoms with Gasteiger partial charge in [0, 0.05) is 4.88 Å². The van der Waals surface area contributed by atoms with Crippen LogP contribution in [0.4, 0.5) is 5.00 Å². The van der Waals surface area contributed by atoms with Gasteiger partial charge in [-0.3, -0.25) is 4.79 Å². The quantitative estimate of drug-likeness (QED) is 0.320. The van der Waals surface area contributed by atoms with Gasteiger partial charge in [0.1, 0.15) is 16.6 Å². The van der Waals surface area contributed by atoms with Crippen molar-refractivity contribution in [3.05, 3.63) is 70.1 Å². The fourth-order valence-electron chi connectivity index (χ4n) is 4.50. The number of oxazole rings is 1. The van der Waals surface area contributed by atoms with Gasteiger partial charge in [0.25, 0.3) is 5.91 Å². The number of rotatable bonds is 6. The summed E-state index contributed by atoms with van der Waals surface area (Å²) in [4.78, 5) is 31.9. The van der Waals surface area contributed by atoms with Crippen molar-refractivity contribution in [2.24, 2.45) is 5.92 Å². The number of benzene rings is 2. The molecule has 2 heterocycles. The van der Waals surface area contributed by atoms with Crippen LogP contribution in [0.15, 0.2) is 52.9 Å². The van der Waals surface area contributed by atoms with Crippen molar-refractivity contribution in [3.8, 4) is 17.5 Å². The van der Waals surface area contributed by atoms with E-state index in [0.29, 0.717) is 39.0 Å². The van der Waals surface area contributed by atoms with Gasteiger partial charge >= 0.3 is 5.97 Å². The van der Waals surface area contributed by atoms with E-state index in [1.165, 1.54) is 11.3 Å². The number of aromatic nitrogens is 1. The molecular weight excluding hydrogens is 474 g/mol. The van der Waals surface area contributed by atoms with E-state index >= 15 is 0 Å². The Hall–Kier alpha value is -3.96. The van der Waals surface area contributed by atoms with Gasteiger partial charge in [0.15, 0.2) is 11.7 Å². The molecule has 8 heteroatoms. The number of hydrogen-bond acceptors (Lipinski definition) is 7. The number of carbonyl (C=O) groups excluding carboxylic acids is 2. The molecule has 0 aliphatic heterocycles. The molecule has 2 aromatic carbocycles. The number of thiophene rings is 1. The van der Waals surface area contributed by atoms with E-state index < -0.39 is 18.0 Å². The highest BCUT2D eigenvalue weighted by Gasteiger charge is 2.28. The summed E-state index contributed by atoms with van der Waals surface area (Å²) >= 11 is 1.45. The maximum atomic E-state index is 13.2. The molecule has 2 unspecified atom stereocenters. The van der Waals surface area contributed by atoms with Crippen molar-refractivity contribution in [1.29, 1.82) is 5.26 Å². The highest BCUT2D eigenvalue weighted by atomic mass is 32.1. The number of hydrogen-bond donors (Lipinski definition) is 1. The SMILES string of the molecule is CCC(OC(=O)c1ccccc1-c1nc2ccccc2o1)C(=O)Nc1sc2c(c1C#N)CCC(C)C2. The minimum atomic E-state index is -1.02. The lowest BCUT2D eigenvalue weighted by atomic mass is 9.88. The standard InChI is InChI=1S/C28H25N3O4S/c1-3-22(25(32)31-27-20(15-29)17-13-12-16(2)14-24(17)36-27)35-28(33)19-9-5-4-8-18(19)26-30-21-10-6-7-11-23(21)34-26/h4-11,16,22H,3,12-14H2,1-2H3,(H,31,32). The Morgan fingerprint density at radius 1 is 1.25 bits per heavy atom. The summed E-state index contributed by atoms with van der Waals surface area (Å²) < 4.78 is 11.5. The molecule has 182 valence electrons. The topological polar surface area (TPSA) is 105 Å². The summed E-state index contributed by atoms with van der Waals surface area (Å²) in [5, 5.41) is 13.1. The average molecular weight is 500 g/mol. The average Bonchev–Trinajstić information content (AvgIpc) is 3.47. The molecule has 36 heavy (non-hydrogen) atoms. The third kappa shape index (κ3) is 4.50. The second-order valence-electron chi connectivity index (χ2n) is 8.99. The molecule has 0 saturated heterocycles. The van der Waals surface area contributed by atoms with E-state index in [-0.39, 0.29) is 12.0 Å². The monoisotopic (exact) mass is 499 g/mol. The molecule has 7 nitrogen and oxygen atoms in total. The minimum absolute atomic E-state index is 0.258. The number of amides is 1. The van der Waals surface area contributed by atoms with Crippen molar-refractivity contribution in [2.45, 2.75) is 45.6 Å². The number of anilines is 1. The maximum Gasteiger partial charge on any atom is 0.339 e. The number of carbonyl (C=O) groups is 2. The van der Waals surface area contributed by atoms with Crippen LogP contribution in [0.5, 0.6) is 0 Å². The minimum Gasteiger partial charge on any atom is -0.449 e. The molecule has 1 amide bonds. The lowest BCUT2D eigenvalue weighted by molar-refractivity contribution is -0.124. The molecule has 2 atom stereocenters. The van der Waals surface area contributed by atoms with Crippen LogP contribution in [0, 0.1) is 17.2 Å². The molecule has 4 aromatic rings. The van der Waals surface area contributed by atoms with E-state index in [1.54, 1.807) is 31.2 Å². The molecule has 1 aliphatic carbocycles. The first-order chi connectivity index (χ1) is 17.5. The molecule has 0 bridgehead atoms. The van der Waals surface area contributed by atoms with E-state index in [9.17, 15) is 14.9 Å². The van der Waals surface area contributed by atoms with Crippen LogP contribution in [0.25, 0.3) is 22.6 Å². The number of nitrogens with one attached hydrogen (secondary N) is 1. The summed E-state index contributed by atoms with van der Waals surface area (Å²) in [5.41, 5.74) is 3.60. The van der Waals surface area contributed by atoms with Crippen LogP contribution in [0.2, 0.25) is 0 Å². The van der Waals surface area contributed by atoms with Gasteiger partial charge in [-0.15, -0.1) is 11.3 Å². The Bertz CT molecular complexity index is 1460. The Morgan fingerprint density at radius 2 is 2.03 bits per heavy atom. The van der Waals surface area contributed by atoms with Crippen molar-refractivity contribution >= 4 is 39.3 Å². The molecule has 1 aliphatic rings. The van der Waals surface area contributed by atoms with Crippen LogP contribution in [-0.2, 0) is 22.4 Å². The number of ether oxygens (including phenoxy) is 1. The second-order valence-corrected chi connectivity index (χ2v) is 10.1. The number of para-hydroxylation sites is 2. The van der Waals surface area contributed by atoms with Gasteiger partial charge < -0.3 is 14.5 Å². The van der Waals surface area contributed by atoms with Gasteiger partial charge in [-0.1, -0.05) is 38.1 Å². The fourth-order valence-corrected chi connectivity index (χ4v) is 5.86. The third-order valence-electron chi connectivity index (χ3n) is 6.44. The van der Waals surface area contributed by atoms with E-state index in [2.05, 4.69) is 23.3 Å². The summed E-state index contributed by atoms with van der Waals surface area (Å²) in [6, 6.07) is 16.5. The van der Waals surface area contributed by atoms with Crippen molar-refractivity contribution in [2.75, 3.05) is 5.32 Å². The van der Waals surface area contributed by atoms with Gasteiger partial charge in [-0.2, -0.15) is 5.26 Å². The molecule has 0 radical (unpaired) electrons. The summed E-state index contributed by atoms with van der Waals surface area (Å²) in [5.74, 6) is -0.238. The zero-order valence-corrected chi connectivity index (χ0v) is 20.9. The molecule has 0 saturated carbocycles. The summed E-state index contributed by atoms with van der Waals surface area (Å²) in [7, 11) is 0. The number of esters is 1. The first-order valence-electron chi connectivity index (χ1n) is 12.0. The van der Waals surface area contributed by atoms with Gasteiger partial charge in [0.2, 0.25) is 5.89 Å². The highest BCUT2D eigenvalue weighted by Crippen LogP contribution is 2.39. The van der Waals surface area contributed by atoms with E-state index in [1.807, 2.05) is 24.3 Å². The molecular formula is C28H25N3O4S. The van der Waals surface area contributed by atoms with E-state index in [4.69, 9.17) is 9.15 Å². The van der Waals surface area contributed by atoms with Crippen LogP contribution in [0.3, 0.4) is 0 Å². The molecule has 5 rings (SSSR count). The number of nitrogens with zero attached hydrogens (tertiary/aromatic N) is 2. The predicted molar refractivity (Wildman–Crippen MR) is 138 cm³/mol. The molecule has 0 fully saturated rings. The number of nitriles is 1. The summed E-state index contributed by atoms with van der Waals surface area (Å²) in [6.07, 6.45) is 2.04. The Kier molecular flexibility index (Phi) is 6.57. The first-order valence-corrected chi connectivity index (χ1v) is 12.8. The summed E-state index contributed by atoms with van der Waals surface area (Å²) in [6.45, 7) is 3.97. The highest BCUT2D eigenvalue weighted by molar-refractivity contribution is 7.16. The van der Waals surface area contributed by atoms with Crippen molar-refractivity contribution < 1.29 is 18.7 Å². The van der Waals surface area contributed by atoms with Gasteiger partial charge in [-0.05, 0) is 61.4 Å². The Labute approximate surface area is 212 Å². The smallest absolute Gasteiger partial charge is 0.339 e. The Balaban J connectivity index is 1.36. The largest absolute Gasteiger partial charge is 0.449 e. The Morgan fingerprint density at radius 3 is 2.81 bits per heavy atom. The fraction of sp³-hybridized carbons (Fsp3) is 0.286. The van der Waals surface area contributed by atoms with Crippen molar-refractivity contribution in [1.82, 2.24) is 4.98 Å². The van der Waals surface area contributed by atoms with Crippen LogP contribution in [0.1, 0.15) is 53.1 Å². The lowest BCUT2D eigenvalue weighted by Crippen LogP contribution is -2.32.